The number of carbonyl (C=O) groups excluding carboxylic acids is 1. The van der Waals surface area contributed by atoms with E-state index in [9.17, 15) is 15.2 Å². The van der Waals surface area contributed by atoms with Crippen molar-refractivity contribution in [2.75, 3.05) is 44.2 Å². The van der Waals surface area contributed by atoms with Gasteiger partial charge in [0.2, 0.25) is 0 Å². The van der Waals surface area contributed by atoms with Crippen LogP contribution >= 0.6 is 0 Å². The Bertz CT molecular complexity index is 1620. The molecule has 6 aliphatic rings. The summed E-state index contributed by atoms with van der Waals surface area (Å²) in [4.78, 5) is 27.1. The molecule has 0 radical (unpaired) electrons. The van der Waals surface area contributed by atoms with E-state index in [1.807, 2.05) is 29.4 Å². The maximum Gasteiger partial charge on any atom is 0.320 e. The zero-order chi connectivity index (χ0) is 30.9. The number of nitriles is 1. The van der Waals surface area contributed by atoms with Crippen LogP contribution in [0.4, 0.5) is 10.6 Å². The number of rotatable bonds is 6. The first-order valence-electron chi connectivity index (χ1n) is 16.5. The predicted molar refractivity (Wildman–Crippen MR) is 169 cm³/mol. The van der Waals surface area contributed by atoms with Gasteiger partial charge in [-0.2, -0.15) is 10.4 Å². The van der Waals surface area contributed by atoms with Crippen molar-refractivity contribution in [1.82, 2.24) is 29.3 Å². The quantitative estimate of drug-likeness (QED) is 0.449. The molecule has 1 N–H and O–H groups in total. The molecular weight excluding hydrogens is 568 g/mol. The fourth-order valence-electron chi connectivity index (χ4n) is 8.64. The zero-order valence-corrected chi connectivity index (χ0v) is 26.2. The monoisotopic (exact) mass is 610 g/mol. The molecule has 11 heteroatoms. The van der Waals surface area contributed by atoms with E-state index < -0.39 is 0 Å². The van der Waals surface area contributed by atoms with Crippen LogP contribution in [0.5, 0.6) is 5.75 Å². The number of amides is 2. The van der Waals surface area contributed by atoms with E-state index in [4.69, 9.17) is 9.72 Å². The Morgan fingerprint density at radius 3 is 2.56 bits per heavy atom. The normalized spacial score (nSPS) is 28.8. The highest BCUT2D eigenvalue weighted by Gasteiger charge is 2.50. The number of likely N-dealkylation sites (tertiary alicyclic amines) is 1. The number of urea groups is 1. The Labute approximate surface area is 264 Å². The van der Waals surface area contributed by atoms with Crippen LogP contribution in [-0.4, -0.2) is 110 Å². The van der Waals surface area contributed by atoms with Crippen molar-refractivity contribution in [3.8, 4) is 22.9 Å². The lowest BCUT2D eigenvalue weighted by Gasteiger charge is -2.57. The van der Waals surface area contributed by atoms with Crippen LogP contribution in [0.25, 0.3) is 16.6 Å². The Morgan fingerprint density at radius 2 is 1.89 bits per heavy atom. The van der Waals surface area contributed by atoms with E-state index in [1.54, 1.807) is 10.7 Å². The summed E-state index contributed by atoms with van der Waals surface area (Å²) in [6.45, 7) is 9.12. The number of hydrogen-bond donors (Lipinski definition) is 1. The molecule has 45 heavy (non-hydrogen) atoms. The second kappa shape index (κ2) is 10.9. The standard InChI is InChI=1S/C34H42N8O3/c1-34(2)7-8-38(21-34)33(44)42-26-11-27(42)19-39(18-26)31-6-3-22(16-36-31)30-14-29(20-41-32(30)23(15-35)17-37-41)45-10-9-40-24-4-5-25(40)13-28(43)12-24/h3,6,14,16-17,20,24-28,43H,4-5,7-13,18-19,21H2,1-2H3/t24-,25+,26?,27?,28+. The lowest BCUT2D eigenvalue weighted by molar-refractivity contribution is 0.0204. The first kappa shape index (κ1) is 28.6. The van der Waals surface area contributed by atoms with E-state index in [-0.39, 0.29) is 29.6 Å². The van der Waals surface area contributed by atoms with Gasteiger partial charge in [0.1, 0.15) is 24.2 Å². The zero-order valence-electron chi connectivity index (χ0n) is 26.2. The molecule has 11 nitrogen and oxygen atoms in total. The van der Waals surface area contributed by atoms with Crippen LogP contribution in [0.2, 0.25) is 0 Å². The third-order valence-electron chi connectivity index (χ3n) is 10.9. The summed E-state index contributed by atoms with van der Waals surface area (Å²) in [5.41, 5.74) is 3.19. The molecule has 2 unspecified atom stereocenters. The van der Waals surface area contributed by atoms with Crippen molar-refractivity contribution in [3.63, 3.8) is 0 Å². The fourth-order valence-corrected chi connectivity index (χ4v) is 8.64. The summed E-state index contributed by atoms with van der Waals surface area (Å²) in [5, 5.41) is 24.4. The number of piperidine rings is 2. The first-order chi connectivity index (χ1) is 21.8. The first-order valence-corrected chi connectivity index (χ1v) is 16.5. The Balaban J connectivity index is 0.964. The molecule has 9 heterocycles. The highest BCUT2D eigenvalue weighted by molar-refractivity contribution is 5.85. The van der Waals surface area contributed by atoms with Gasteiger partial charge in [-0.05, 0) is 62.1 Å². The average Bonchev–Trinajstić information content (AvgIpc) is 3.69. The van der Waals surface area contributed by atoms with Gasteiger partial charge >= 0.3 is 6.03 Å². The van der Waals surface area contributed by atoms with Crippen LogP contribution < -0.4 is 9.64 Å². The van der Waals surface area contributed by atoms with E-state index in [0.29, 0.717) is 30.0 Å². The molecule has 4 bridgehead atoms. The van der Waals surface area contributed by atoms with Gasteiger partial charge in [-0.25, -0.2) is 14.3 Å². The summed E-state index contributed by atoms with van der Waals surface area (Å²) in [6, 6.07) is 9.92. The lowest BCUT2D eigenvalue weighted by atomic mass is 9.87. The summed E-state index contributed by atoms with van der Waals surface area (Å²) in [7, 11) is 0. The van der Waals surface area contributed by atoms with Crippen LogP contribution in [0.3, 0.4) is 0 Å². The number of aliphatic hydroxyl groups is 1. The Kier molecular flexibility index (Phi) is 6.91. The maximum atomic E-state index is 13.3. The molecular formula is C34H42N8O3. The SMILES string of the molecule is CC1(C)CCN(C(=O)N2C3CC2CN(c2ccc(-c4cc(OCCN5[C@@H]6CC[C@H]5C[C@@H](O)C6)cn5ncc(C#N)c45)cn2)C3)C1. The molecule has 236 valence electrons. The second-order valence-electron chi connectivity index (χ2n) is 14.5. The van der Waals surface area contributed by atoms with E-state index in [1.165, 1.54) is 0 Å². The molecule has 5 atom stereocenters. The van der Waals surface area contributed by atoms with Gasteiger partial charge in [-0.3, -0.25) is 4.90 Å². The van der Waals surface area contributed by atoms with Gasteiger partial charge in [0.15, 0.2) is 0 Å². The Hall–Kier alpha value is -3.88. The van der Waals surface area contributed by atoms with E-state index in [0.717, 1.165) is 93.7 Å². The van der Waals surface area contributed by atoms with Gasteiger partial charge in [0, 0.05) is 62.1 Å². The van der Waals surface area contributed by atoms with Crippen molar-refractivity contribution in [2.24, 2.45) is 5.41 Å². The largest absolute Gasteiger partial charge is 0.491 e. The van der Waals surface area contributed by atoms with E-state index >= 15 is 0 Å². The van der Waals surface area contributed by atoms with Gasteiger partial charge in [0.25, 0.3) is 0 Å². The number of fused-ring (bicyclic) bond motifs is 5. The smallest absolute Gasteiger partial charge is 0.320 e. The minimum atomic E-state index is -0.175. The van der Waals surface area contributed by atoms with E-state index in [2.05, 4.69) is 45.8 Å². The van der Waals surface area contributed by atoms with Crippen LogP contribution in [0.1, 0.15) is 57.9 Å². The molecule has 0 saturated carbocycles. The molecule has 0 aliphatic carbocycles. The summed E-state index contributed by atoms with van der Waals surface area (Å²) in [6.07, 6.45) is 11.3. The number of nitrogens with zero attached hydrogens (tertiary/aromatic N) is 8. The number of piperazine rings is 1. The average molecular weight is 611 g/mol. The number of anilines is 1. The Morgan fingerprint density at radius 1 is 1.11 bits per heavy atom. The molecule has 6 aliphatic heterocycles. The summed E-state index contributed by atoms with van der Waals surface area (Å²) in [5.74, 6) is 1.60. The number of aliphatic hydroxyl groups excluding tert-OH is 1. The van der Waals surface area contributed by atoms with Gasteiger partial charge < -0.3 is 24.5 Å². The summed E-state index contributed by atoms with van der Waals surface area (Å²) < 4.78 is 8.00. The highest BCUT2D eigenvalue weighted by Crippen LogP contribution is 2.39. The highest BCUT2D eigenvalue weighted by atomic mass is 16.5. The minimum Gasteiger partial charge on any atom is -0.491 e. The topological polar surface area (TPSA) is 113 Å². The van der Waals surface area contributed by atoms with Crippen molar-refractivity contribution < 1.29 is 14.6 Å². The number of pyridine rings is 2. The van der Waals surface area contributed by atoms with Crippen LogP contribution in [0, 0.1) is 16.7 Å². The predicted octanol–water partition coefficient (Wildman–Crippen LogP) is 3.75. The van der Waals surface area contributed by atoms with Crippen LogP contribution in [0.15, 0.2) is 36.8 Å². The number of carbonyl (C=O) groups is 1. The number of ether oxygens (including phenoxy) is 1. The molecule has 6 saturated heterocycles. The van der Waals surface area contributed by atoms with Gasteiger partial charge in [-0.15, -0.1) is 0 Å². The van der Waals surface area contributed by atoms with Crippen molar-refractivity contribution >= 4 is 17.4 Å². The molecule has 3 aromatic heterocycles. The molecule has 2 amide bonds. The van der Waals surface area contributed by atoms with Crippen molar-refractivity contribution in [3.05, 3.63) is 42.4 Å². The second-order valence-corrected chi connectivity index (χ2v) is 14.5. The number of hydrogen-bond acceptors (Lipinski definition) is 8. The lowest BCUT2D eigenvalue weighted by Crippen LogP contribution is -2.72. The summed E-state index contributed by atoms with van der Waals surface area (Å²) >= 11 is 0. The molecule has 3 aromatic rings. The molecule has 9 rings (SSSR count). The molecule has 0 aromatic carbocycles. The molecule has 6 fully saturated rings. The van der Waals surface area contributed by atoms with Crippen molar-refractivity contribution in [2.45, 2.75) is 82.6 Å². The number of aromatic nitrogens is 3. The van der Waals surface area contributed by atoms with Gasteiger partial charge in [0.05, 0.1) is 41.7 Å². The van der Waals surface area contributed by atoms with Gasteiger partial charge in [-0.1, -0.05) is 13.8 Å². The van der Waals surface area contributed by atoms with Crippen LogP contribution in [-0.2, 0) is 0 Å². The fraction of sp³-hybridized carbons (Fsp3) is 0.588. The van der Waals surface area contributed by atoms with Crippen molar-refractivity contribution in [1.29, 1.82) is 5.26 Å². The molecule has 0 spiro atoms. The maximum absolute atomic E-state index is 13.3. The third-order valence-corrected chi connectivity index (χ3v) is 10.9. The third kappa shape index (κ3) is 5.08. The minimum absolute atomic E-state index is 0.175.